The molecule has 0 heterocycles. The number of ether oxygens (including phenoxy) is 1. The molecule has 0 aliphatic rings. The molecule has 4 heteroatoms. The van der Waals surface area contributed by atoms with Crippen molar-refractivity contribution in [3.05, 3.63) is 63.6 Å². The quantitative estimate of drug-likeness (QED) is 0.860. The lowest BCUT2D eigenvalue weighted by Gasteiger charge is -2.17. The van der Waals surface area contributed by atoms with E-state index in [1.54, 1.807) is 0 Å². The molecule has 3 nitrogen and oxygen atoms in total. The van der Waals surface area contributed by atoms with Crippen LogP contribution in [0.25, 0.3) is 0 Å². The normalized spacial score (nSPS) is 11.8. The number of carbonyl (C=O) groups is 1. The molecule has 0 saturated carbocycles. The van der Waals surface area contributed by atoms with E-state index in [4.69, 9.17) is 4.74 Å². The van der Waals surface area contributed by atoms with Crippen molar-refractivity contribution in [3.63, 3.8) is 0 Å². The van der Waals surface area contributed by atoms with Crippen LogP contribution < -0.4 is 10.1 Å². The van der Waals surface area contributed by atoms with E-state index in [0.717, 1.165) is 26.9 Å². The maximum atomic E-state index is 12.1. The molecule has 0 fully saturated rings. The van der Waals surface area contributed by atoms with Gasteiger partial charge in [0.05, 0.1) is 6.04 Å². The average molecular weight is 362 g/mol. The molecule has 22 heavy (non-hydrogen) atoms. The van der Waals surface area contributed by atoms with Crippen molar-refractivity contribution in [2.75, 3.05) is 6.61 Å². The third-order valence-electron chi connectivity index (χ3n) is 3.51. The van der Waals surface area contributed by atoms with Crippen LogP contribution in [0.15, 0.2) is 46.9 Å². The van der Waals surface area contributed by atoms with E-state index in [2.05, 4.69) is 21.2 Å². The highest BCUT2D eigenvalue weighted by atomic mass is 79.9. The molecule has 2 rings (SSSR count). The van der Waals surface area contributed by atoms with E-state index >= 15 is 0 Å². The van der Waals surface area contributed by atoms with Gasteiger partial charge in [0, 0.05) is 4.47 Å². The van der Waals surface area contributed by atoms with Gasteiger partial charge in [0.2, 0.25) is 0 Å². The first kappa shape index (κ1) is 16.6. The van der Waals surface area contributed by atoms with Gasteiger partial charge < -0.3 is 10.1 Å². The smallest absolute Gasteiger partial charge is 0.258 e. The Morgan fingerprint density at radius 2 is 1.77 bits per heavy atom. The number of halogens is 1. The molecule has 0 spiro atoms. The van der Waals surface area contributed by atoms with Gasteiger partial charge in [0.15, 0.2) is 6.61 Å². The van der Waals surface area contributed by atoms with Crippen molar-refractivity contribution in [2.45, 2.75) is 26.8 Å². The molecule has 2 aromatic rings. The van der Waals surface area contributed by atoms with E-state index in [1.165, 1.54) is 0 Å². The molecule has 0 bridgehead atoms. The molecule has 0 unspecified atom stereocenters. The Morgan fingerprint density at radius 1 is 1.14 bits per heavy atom. The molecule has 0 aliphatic heterocycles. The Labute approximate surface area is 139 Å². The molecule has 0 radical (unpaired) electrons. The van der Waals surface area contributed by atoms with Crippen molar-refractivity contribution in [1.82, 2.24) is 5.32 Å². The Bertz CT molecular complexity index is 650. The highest BCUT2D eigenvalue weighted by molar-refractivity contribution is 9.10. The topological polar surface area (TPSA) is 38.3 Å². The maximum absolute atomic E-state index is 12.1. The second-order valence-corrected chi connectivity index (χ2v) is 6.17. The van der Waals surface area contributed by atoms with Crippen LogP contribution in [0.4, 0.5) is 0 Å². The summed E-state index contributed by atoms with van der Waals surface area (Å²) < 4.78 is 6.66. The van der Waals surface area contributed by atoms with Crippen LogP contribution >= 0.6 is 15.9 Å². The molecule has 0 aliphatic carbocycles. The predicted octanol–water partition coefficient (Wildman–Crippen LogP) is 4.32. The number of hydrogen-bond donors (Lipinski definition) is 1. The Balaban J connectivity index is 1.95. The van der Waals surface area contributed by atoms with Gasteiger partial charge in [0.25, 0.3) is 5.91 Å². The lowest BCUT2D eigenvalue weighted by Crippen LogP contribution is -2.31. The highest BCUT2D eigenvalue weighted by Gasteiger charge is 2.13. The minimum Gasteiger partial charge on any atom is -0.483 e. The van der Waals surface area contributed by atoms with Gasteiger partial charge in [-0.2, -0.15) is 0 Å². The first-order valence-electron chi connectivity index (χ1n) is 7.22. The van der Waals surface area contributed by atoms with E-state index in [1.807, 2.05) is 63.2 Å². The zero-order valence-corrected chi connectivity index (χ0v) is 14.6. The molecule has 1 amide bonds. The molecule has 116 valence electrons. The van der Waals surface area contributed by atoms with Gasteiger partial charge in [-0.15, -0.1) is 0 Å². The van der Waals surface area contributed by atoms with Crippen molar-refractivity contribution < 1.29 is 9.53 Å². The SMILES string of the molecule is Cc1cccc(C)c1OCC(=O)N[C@H](C)c1ccccc1Br. The highest BCUT2D eigenvalue weighted by Crippen LogP contribution is 2.23. The van der Waals surface area contributed by atoms with Gasteiger partial charge >= 0.3 is 0 Å². The number of rotatable bonds is 5. The molecular formula is C18H20BrNO2. The summed E-state index contributed by atoms with van der Waals surface area (Å²) in [5, 5.41) is 2.95. The summed E-state index contributed by atoms with van der Waals surface area (Å²) in [6, 6.07) is 13.7. The van der Waals surface area contributed by atoms with Crippen molar-refractivity contribution >= 4 is 21.8 Å². The molecule has 2 aromatic carbocycles. The third-order valence-corrected chi connectivity index (χ3v) is 4.23. The number of carbonyl (C=O) groups excluding carboxylic acids is 1. The number of nitrogens with one attached hydrogen (secondary N) is 1. The summed E-state index contributed by atoms with van der Waals surface area (Å²) in [5.74, 6) is 0.650. The van der Waals surface area contributed by atoms with Crippen molar-refractivity contribution in [2.24, 2.45) is 0 Å². The largest absolute Gasteiger partial charge is 0.483 e. The number of amides is 1. The summed E-state index contributed by atoms with van der Waals surface area (Å²) in [7, 11) is 0. The summed E-state index contributed by atoms with van der Waals surface area (Å²) in [6.07, 6.45) is 0. The fraction of sp³-hybridized carbons (Fsp3) is 0.278. The third kappa shape index (κ3) is 4.10. The van der Waals surface area contributed by atoms with Crippen LogP contribution in [0.3, 0.4) is 0 Å². The number of para-hydroxylation sites is 1. The zero-order chi connectivity index (χ0) is 16.1. The van der Waals surface area contributed by atoms with Gasteiger partial charge in [-0.25, -0.2) is 0 Å². The lowest BCUT2D eigenvalue weighted by atomic mass is 10.1. The summed E-state index contributed by atoms with van der Waals surface area (Å²) >= 11 is 3.50. The van der Waals surface area contributed by atoms with Crippen molar-refractivity contribution in [1.29, 1.82) is 0 Å². The van der Waals surface area contributed by atoms with Gasteiger partial charge in [-0.1, -0.05) is 52.3 Å². The summed E-state index contributed by atoms with van der Waals surface area (Å²) in [4.78, 5) is 12.1. The van der Waals surface area contributed by atoms with Gasteiger partial charge in [-0.05, 0) is 43.5 Å². The lowest BCUT2D eigenvalue weighted by molar-refractivity contribution is -0.123. The van der Waals surface area contributed by atoms with Crippen LogP contribution in [0, 0.1) is 13.8 Å². The van der Waals surface area contributed by atoms with E-state index in [0.29, 0.717) is 0 Å². The van der Waals surface area contributed by atoms with Gasteiger partial charge in [0.1, 0.15) is 5.75 Å². The van der Waals surface area contributed by atoms with Crippen LogP contribution in [-0.2, 0) is 4.79 Å². The minimum atomic E-state index is -0.133. The van der Waals surface area contributed by atoms with Crippen LogP contribution in [0.2, 0.25) is 0 Å². The van der Waals surface area contributed by atoms with E-state index in [-0.39, 0.29) is 18.6 Å². The van der Waals surface area contributed by atoms with Crippen LogP contribution in [0.5, 0.6) is 5.75 Å². The van der Waals surface area contributed by atoms with E-state index < -0.39 is 0 Å². The number of aryl methyl sites for hydroxylation is 2. The Morgan fingerprint density at radius 3 is 2.41 bits per heavy atom. The molecule has 1 atom stereocenters. The van der Waals surface area contributed by atoms with Crippen LogP contribution in [0.1, 0.15) is 29.7 Å². The standard InChI is InChI=1S/C18H20BrNO2/c1-12-7-6-8-13(2)18(12)22-11-17(21)20-14(3)15-9-4-5-10-16(15)19/h4-10,14H,11H2,1-3H3,(H,20,21)/t14-/m1/s1. The molecule has 0 aromatic heterocycles. The monoisotopic (exact) mass is 361 g/mol. The Kier molecular flexibility index (Phi) is 5.61. The number of hydrogen-bond acceptors (Lipinski definition) is 2. The number of benzene rings is 2. The Hall–Kier alpha value is -1.81. The molecule has 1 N–H and O–H groups in total. The zero-order valence-electron chi connectivity index (χ0n) is 13.0. The van der Waals surface area contributed by atoms with Crippen molar-refractivity contribution in [3.8, 4) is 5.75 Å². The second kappa shape index (κ2) is 7.45. The first-order valence-corrected chi connectivity index (χ1v) is 8.01. The fourth-order valence-electron chi connectivity index (χ4n) is 2.35. The molecule has 0 saturated heterocycles. The fourth-order valence-corrected chi connectivity index (χ4v) is 2.98. The molecular weight excluding hydrogens is 342 g/mol. The second-order valence-electron chi connectivity index (χ2n) is 5.32. The maximum Gasteiger partial charge on any atom is 0.258 e. The minimum absolute atomic E-state index is 0.0144. The van der Waals surface area contributed by atoms with Crippen LogP contribution in [-0.4, -0.2) is 12.5 Å². The summed E-state index contributed by atoms with van der Waals surface area (Å²) in [5.41, 5.74) is 3.11. The average Bonchev–Trinajstić information content (AvgIpc) is 2.47. The first-order chi connectivity index (χ1) is 10.5. The summed E-state index contributed by atoms with van der Waals surface area (Å²) in [6.45, 7) is 5.92. The predicted molar refractivity (Wildman–Crippen MR) is 92.1 cm³/mol. The van der Waals surface area contributed by atoms with Gasteiger partial charge in [-0.3, -0.25) is 4.79 Å². The van der Waals surface area contributed by atoms with E-state index in [9.17, 15) is 4.79 Å².